The van der Waals surface area contributed by atoms with Crippen molar-refractivity contribution in [3.8, 4) is 0 Å². The zero-order valence-corrected chi connectivity index (χ0v) is 17.3. The second-order valence-corrected chi connectivity index (χ2v) is 8.13. The first-order valence-corrected chi connectivity index (χ1v) is 10.4. The number of amides is 2. The van der Waals surface area contributed by atoms with Gasteiger partial charge in [0.15, 0.2) is 0 Å². The van der Waals surface area contributed by atoms with Gasteiger partial charge in [0.25, 0.3) is 5.91 Å². The molecule has 1 saturated carbocycles. The first kappa shape index (κ1) is 20.1. The molecule has 2 atom stereocenters. The van der Waals surface area contributed by atoms with Gasteiger partial charge in [-0.3, -0.25) is 14.4 Å². The Labute approximate surface area is 176 Å². The topological polar surface area (TPSA) is 75.7 Å². The number of ether oxygens (including phenoxy) is 1. The van der Waals surface area contributed by atoms with Crippen molar-refractivity contribution in [3.63, 3.8) is 0 Å². The highest BCUT2D eigenvalue weighted by atomic mass is 16.5. The van der Waals surface area contributed by atoms with Gasteiger partial charge in [-0.15, -0.1) is 0 Å². The van der Waals surface area contributed by atoms with Crippen LogP contribution in [0.25, 0.3) is 0 Å². The highest BCUT2D eigenvalue weighted by molar-refractivity contribution is 6.00. The summed E-state index contributed by atoms with van der Waals surface area (Å²) in [6, 6.07) is 15.0. The molecule has 4 rings (SSSR count). The van der Waals surface area contributed by atoms with Crippen molar-refractivity contribution in [2.24, 2.45) is 5.92 Å². The summed E-state index contributed by atoms with van der Waals surface area (Å²) in [4.78, 5) is 39.9. The predicted molar refractivity (Wildman–Crippen MR) is 113 cm³/mol. The van der Waals surface area contributed by atoms with Gasteiger partial charge in [0.1, 0.15) is 0 Å². The molecule has 156 valence electrons. The van der Waals surface area contributed by atoms with Gasteiger partial charge in [-0.1, -0.05) is 42.5 Å². The van der Waals surface area contributed by atoms with Crippen LogP contribution in [0.2, 0.25) is 0 Å². The third kappa shape index (κ3) is 4.22. The van der Waals surface area contributed by atoms with E-state index < -0.39 is 18.0 Å². The molecule has 2 aromatic carbocycles. The summed E-state index contributed by atoms with van der Waals surface area (Å²) in [5, 5.41) is 2.91. The summed E-state index contributed by atoms with van der Waals surface area (Å²) < 4.78 is 5.67. The maximum absolute atomic E-state index is 12.9. The normalized spacial score (nSPS) is 19.5. The van der Waals surface area contributed by atoms with Gasteiger partial charge >= 0.3 is 5.97 Å². The van der Waals surface area contributed by atoms with Crippen molar-refractivity contribution in [1.29, 1.82) is 0 Å². The molecule has 2 aliphatic rings. The molecular formula is C24H26N2O4. The summed E-state index contributed by atoms with van der Waals surface area (Å²) in [5.74, 6) is -1.54. The average molecular weight is 406 g/mol. The van der Waals surface area contributed by atoms with Gasteiger partial charge in [-0.25, -0.2) is 0 Å². The molecule has 0 spiro atoms. The van der Waals surface area contributed by atoms with Crippen LogP contribution >= 0.6 is 0 Å². The van der Waals surface area contributed by atoms with Crippen LogP contribution in [-0.4, -0.2) is 30.4 Å². The van der Waals surface area contributed by atoms with E-state index in [9.17, 15) is 14.4 Å². The molecule has 1 aliphatic heterocycles. The Bertz CT molecular complexity index is 968. The van der Waals surface area contributed by atoms with E-state index in [4.69, 9.17) is 4.74 Å². The molecule has 6 heteroatoms. The second kappa shape index (κ2) is 8.30. The highest BCUT2D eigenvalue weighted by Gasteiger charge is 2.39. The number of benzene rings is 2. The van der Waals surface area contributed by atoms with Gasteiger partial charge < -0.3 is 15.0 Å². The fourth-order valence-corrected chi connectivity index (χ4v) is 3.74. The van der Waals surface area contributed by atoms with Crippen molar-refractivity contribution < 1.29 is 19.1 Å². The summed E-state index contributed by atoms with van der Waals surface area (Å²) >= 11 is 0. The van der Waals surface area contributed by atoms with E-state index in [1.54, 1.807) is 17.0 Å². The first-order valence-electron chi connectivity index (χ1n) is 10.4. The molecule has 1 aliphatic carbocycles. The molecule has 0 unspecified atom stereocenters. The number of carbonyl (C=O) groups is 3. The molecule has 0 bridgehead atoms. The predicted octanol–water partition coefficient (Wildman–Crippen LogP) is 3.22. The maximum atomic E-state index is 12.9. The molecule has 2 aromatic rings. The van der Waals surface area contributed by atoms with Crippen LogP contribution in [0.1, 0.15) is 42.1 Å². The Morgan fingerprint density at radius 1 is 1.07 bits per heavy atom. The van der Waals surface area contributed by atoms with Crippen molar-refractivity contribution in [1.82, 2.24) is 5.32 Å². The third-order valence-corrected chi connectivity index (χ3v) is 5.82. The Hall–Kier alpha value is -3.15. The van der Waals surface area contributed by atoms with Crippen molar-refractivity contribution in [2.75, 3.05) is 11.4 Å². The van der Waals surface area contributed by atoms with Crippen LogP contribution in [0.15, 0.2) is 48.5 Å². The molecule has 30 heavy (non-hydrogen) atoms. The van der Waals surface area contributed by atoms with Gasteiger partial charge in [0, 0.05) is 30.3 Å². The first-order chi connectivity index (χ1) is 14.4. The molecule has 2 amide bonds. The minimum Gasteiger partial charge on any atom is -0.447 e. The molecule has 1 N–H and O–H groups in total. The molecule has 2 fully saturated rings. The third-order valence-electron chi connectivity index (χ3n) is 5.82. The number of esters is 1. The standard InChI is InChI=1S/C24H26N2O4/c1-15-7-6-10-20(16(15)2)26-14-18(13-21(26)27)24(29)30-22(17-8-4-3-5-9-17)23(28)25-19-11-12-19/h3-10,18-19,22H,11-14H2,1-2H3,(H,25,28)/t18-,22-/m0/s1. The molecule has 0 radical (unpaired) electrons. The smallest absolute Gasteiger partial charge is 0.312 e. The zero-order valence-electron chi connectivity index (χ0n) is 17.3. The van der Waals surface area contributed by atoms with Gasteiger partial charge in [-0.2, -0.15) is 0 Å². The lowest BCUT2D eigenvalue weighted by Crippen LogP contribution is -2.35. The lowest BCUT2D eigenvalue weighted by atomic mass is 10.1. The van der Waals surface area contributed by atoms with E-state index in [-0.39, 0.29) is 30.8 Å². The van der Waals surface area contributed by atoms with E-state index >= 15 is 0 Å². The van der Waals surface area contributed by atoms with Crippen LogP contribution in [0.3, 0.4) is 0 Å². The Balaban J connectivity index is 1.49. The number of rotatable bonds is 6. The summed E-state index contributed by atoms with van der Waals surface area (Å²) in [6.07, 6.45) is 0.966. The number of carbonyl (C=O) groups excluding carboxylic acids is 3. The van der Waals surface area contributed by atoms with E-state index in [2.05, 4.69) is 5.32 Å². The van der Waals surface area contributed by atoms with Crippen molar-refractivity contribution >= 4 is 23.5 Å². The van der Waals surface area contributed by atoms with Crippen LogP contribution in [-0.2, 0) is 19.1 Å². The molecule has 6 nitrogen and oxygen atoms in total. The quantitative estimate of drug-likeness (QED) is 0.748. The fraction of sp³-hybridized carbons (Fsp3) is 0.375. The highest BCUT2D eigenvalue weighted by Crippen LogP contribution is 2.31. The number of hydrogen-bond donors (Lipinski definition) is 1. The van der Waals surface area contributed by atoms with E-state index in [0.717, 1.165) is 29.7 Å². The Kier molecular flexibility index (Phi) is 5.57. The van der Waals surface area contributed by atoms with Crippen LogP contribution in [0.4, 0.5) is 5.69 Å². The van der Waals surface area contributed by atoms with Gasteiger partial charge in [-0.05, 0) is 43.9 Å². The van der Waals surface area contributed by atoms with Crippen molar-refractivity contribution in [2.45, 2.75) is 45.3 Å². The van der Waals surface area contributed by atoms with Gasteiger partial charge in [0.05, 0.1) is 5.92 Å². The molecule has 1 saturated heterocycles. The Morgan fingerprint density at radius 2 is 1.80 bits per heavy atom. The van der Waals surface area contributed by atoms with Crippen LogP contribution in [0.5, 0.6) is 0 Å². The monoisotopic (exact) mass is 406 g/mol. The van der Waals surface area contributed by atoms with Gasteiger partial charge in [0.2, 0.25) is 12.0 Å². The lowest BCUT2D eigenvalue weighted by Gasteiger charge is -2.21. The summed E-state index contributed by atoms with van der Waals surface area (Å²) in [7, 11) is 0. The minimum atomic E-state index is -1.01. The number of hydrogen-bond acceptors (Lipinski definition) is 4. The number of nitrogens with one attached hydrogen (secondary N) is 1. The number of anilines is 1. The largest absolute Gasteiger partial charge is 0.447 e. The summed E-state index contributed by atoms with van der Waals surface area (Å²) in [5.41, 5.74) is 3.55. The summed E-state index contributed by atoms with van der Waals surface area (Å²) in [6.45, 7) is 4.22. The number of aryl methyl sites for hydroxylation is 1. The molecule has 0 aromatic heterocycles. The SMILES string of the molecule is Cc1cccc(N2C[C@@H](C(=O)O[C@H](C(=O)NC3CC3)c3ccccc3)CC2=O)c1C. The number of nitrogens with zero attached hydrogens (tertiary/aromatic N) is 1. The van der Waals surface area contributed by atoms with E-state index in [1.807, 2.05) is 50.2 Å². The van der Waals surface area contributed by atoms with E-state index in [0.29, 0.717) is 5.56 Å². The van der Waals surface area contributed by atoms with Crippen LogP contribution in [0, 0.1) is 19.8 Å². The van der Waals surface area contributed by atoms with Crippen molar-refractivity contribution in [3.05, 3.63) is 65.2 Å². The Morgan fingerprint density at radius 3 is 2.50 bits per heavy atom. The average Bonchev–Trinajstić information content (AvgIpc) is 3.47. The zero-order chi connectivity index (χ0) is 21.3. The lowest BCUT2D eigenvalue weighted by molar-refractivity contribution is -0.160. The molecular weight excluding hydrogens is 380 g/mol. The van der Waals surface area contributed by atoms with Crippen LogP contribution < -0.4 is 10.2 Å². The molecule has 1 heterocycles. The minimum absolute atomic E-state index is 0.0813. The van der Waals surface area contributed by atoms with E-state index in [1.165, 1.54) is 0 Å². The fourth-order valence-electron chi connectivity index (χ4n) is 3.74. The second-order valence-electron chi connectivity index (χ2n) is 8.13. The maximum Gasteiger partial charge on any atom is 0.312 e.